The predicted molar refractivity (Wildman–Crippen MR) is 126 cm³/mol. The van der Waals surface area contributed by atoms with Gasteiger partial charge < -0.3 is 14.6 Å². The third-order valence-corrected chi connectivity index (χ3v) is 5.15. The van der Waals surface area contributed by atoms with E-state index in [-0.39, 0.29) is 5.57 Å². The number of hydrogen-bond acceptors (Lipinski definition) is 3. The van der Waals surface area contributed by atoms with Crippen molar-refractivity contribution in [2.24, 2.45) is 0 Å². The quantitative estimate of drug-likeness (QED) is 0.189. The fraction of sp³-hybridized carbons (Fsp3) is 0.400. The Labute approximate surface area is 188 Å². The van der Waals surface area contributed by atoms with Crippen LogP contribution in [0.2, 0.25) is 0 Å². The van der Waals surface area contributed by atoms with E-state index in [9.17, 15) is 9.90 Å². The van der Waals surface area contributed by atoms with E-state index in [1.54, 1.807) is 18.2 Å². The molecule has 2 aromatic rings. The van der Waals surface area contributed by atoms with Gasteiger partial charge >= 0.3 is 5.97 Å². The molecule has 0 aliphatic rings. The van der Waals surface area contributed by atoms with Gasteiger partial charge in [-0.25, -0.2) is 4.79 Å². The van der Waals surface area contributed by atoms with Gasteiger partial charge in [0.15, 0.2) is 11.5 Å². The Morgan fingerprint density at radius 2 is 1.60 bits per heavy atom. The zero-order valence-corrected chi connectivity index (χ0v) is 19.4. The van der Waals surface area contributed by atoms with Crippen LogP contribution in [0.4, 0.5) is 0 Å². The fourth-order valence-electron chi connectivity index (χ4n) is 3.01. The van der Waals surface area contributed by atoms with Crippen molar-refractivity contribution < 1.29 is 19.4 Å². The fourth-order valence-corrected chi connectivity index (χ4v) is 3.41. The number of aliphatic carboxylic acids is 1. The summed E-state index contributed by atoms with van der Waals surface area (Å²) in [6, 6.07) is 12.9. The van der Waals surface area contributed by atoms with Crippen molar-refractivity contribution in [3.8, 4) is 11.5 Å². The number of halogens is 1. The lowest BCUT2D eigenvalue weighted by molar-refractivity contribution is -0.130. The average Bonchev–Trinajstić information content (AvgIpc) is 2.73. The summed E-state index contributed by atoms with van der Waals surface area (Å²) in [6.07, 6.45) is 8.15. The molecule has 0 saturated carbocycles. The first-order chi connectivity index (χ1) is 14.5. The summed E-state index contributed by atoms with van der Waals surface area (Å²) in [4.78, 5) is 11.9. The monoisotopic (exact) mass is 474 g/mol. The second-order valence-electron chi connectivity index (χ2n) is 7.19. The Balaban J connectivity index is 2.28. The number of carbonyl (C=O) groups is 1. The molecular weight excluding hydrogens is 444 g/mol. The van der Waals surface area contributed by atoms with Crippen LogP contribution in [0.15, 0.2) is 46.9 Å². The van der Waals surface area contributed by atoms with E-state index in [2.05, 4.69) is 29.8 Å². The second-order valence-corrected chi connectivity index (χ2v) is 8.11. The summed E-state index contributed by atoms with van der Waals surface area (Å²) in [5, 5.41) is 9.73. The molecule has 0 aromatic heterocycles. The molecule has 0 amide bonds. The minimum absolute atomic E-state index is 0.227. The van der Waals surface area contributed by atoms with Crippen LogP contribution in [-0.4, -0.2) is 24.3 Å². The average molecular weight is 475 g/mol. The highest BCUT2D eigenvalue weighted by atomic mass is 79.9. The van der Waals surface area contributed by atoms with E-state index in [0.29, 0.717) is 30.3 Å². The highest BCUT2D eigenvalue weighted by molar-refractivity contribution is 9.10. The van der Waals surface area contributed by atoms with Gasteiger partial charge in [0.1, 0.15) is 0 Å². The number of hydrogen-bond donors (Lipinski definition) is 1. The zero-order chi connectivity index (χ0) is 21.8. The van der Waals surface area contributed by atoms with E-state index in [4.69, 9.17) is 9.47 Å². The smallest absolute Gasteiger partial charge is 0.336 e. The van der Waals surface area contributed by atoms with Crippen molar-refractivity contribution in [1.29, 1.82) is 0 Å². The minimum atomic E-state index is -0.974. The van der Waals surface area contributed by atoms with Crippen molar-refractivity contribution in [1.82, 2.24) is 0 Å². The summed E-state index contributed by atoms with van der Waals surface area (Å²) in [7, 11) is 0. The van der Waals surface area contributed by atoms with Gasteiger partial charge in [0, 0.05) is 4.47 Å². The van der Waals surface area contributed by atoms with Gasteiger partial charge in [-0.2, -0.15) is 0 Å². The van der Waals surface area contributed by atoms with Crippen LogP contribution >= 0.6 is 15.9 Å². The lowest BCUT2D eigenvalue weighted by atomic mass is 10.0. The predicted octanol–water partition coefficient (Wildman–Crippen LogP) is 7.21. The second kappa shape index (κ2) is 13.1. The van der Waals surface area contributed by atoms with Gasteiger partial charge in [-0.1, -0.05) is 73.7 Å². The van der Waals surface area contributed by atoms with Crippen LogP contribution < -0.4 is 9.47 Å². The molecule has 0 atom stereocenters. The van der Waals surface area contributed by atoms with Crippen molar-refractivity contribution in [2.45, 2.75) is 52.4 Å². The highest BCUT2D eigenvalue weighted by Crippen LogP contribution is 2.31. The number of ether oxygens (including phenoxy) is 2. The Morgan fingerprint density at radius 3 is 2.20 bits per heavy atom. The van der Waals surface area contributed by atoms with Crippen molar-refractivity contribution >= 4 is 33.5 Å². The number of unbranched alkanes of at least 4 members (excludes halogenated alkanes) is 4. The summed E-state index contributed by atoms with van der Waals surface area (Å²) >= 11 is 3.41. The number of benzene rings is 2. The van der Waals surface area contributed by atoms with Gasteiger partial charge in [-0.15, -0.1) is 0 Å². The lowest BCUT2D eigenvalue weighted by Crippen LogP contribution is -2.03. The molecule has 1 N–H and O–H groups in total. The van der Waals surface area contributed by atoms with Crippen LogP contribution in [0.25, 0.3) is 11.6 Å². The third kappa shape index (κ3) is 7.86. The largest absolute Gasteiger partial charge is 0.490 e. The lowest BCUT2D eigenvalue weighted by Gasteiger charge is -2.14. The minimum Gasteiger partial charge on any atom is -0.490 e. The van der Waals surface area contributed by atoms with E-state index in [0.717, 1.165) is 48.6 Å². The standard InChI is InChI=1S/C25H31BrO4/c1-3-5-7-14-29-23-13-12-19(17-24(23)30-15-8-6-4-2)16-22(25(27)28)20-10-9-11-21(26)18-20/h9-13,16-18H,3-8,14-15H2,1-2H3,(H,27,28). The molecule has 0 unspecified atom stereocenters. The molecule has 0 aliphatic heterocycles. The van der Waals surface area contributed by atoms with Gasteiger partial charge in [0.05, 0.1) is 18.8 Å². The van der Waals surface area contributed by atoms with E-state index < -0.39 is 5.97 Å². The summed E-state index contributed by atoms with van der Waals surface area (Å²) in [5.41, 5.74) is 1.63. The Hall–Kier alpha value is -2.27. The Morgan fingerprint density at radius 1 is 0.933 bits per heavy atom. The van der Waals surface area contributed by atoms with Crippen molar-refractivity contribution in [2.75, 3.05) is 13.2 Å². The highest BCUT2D eigenvalue weighted by Gasteiger charge is 2.13. The Kier molecular flexibility index (Phi) is 10.5. The first kappa shape index (κ1) is 24.0. The summed E-state index contributed by atoms with van der Waals surface area (Å²) < 4.78 is 12.8. The maximum Gasteiger partial charge on any atom is 0.336 e. The third-order valence-electron chi connectivity index (χ3n) is 4.66. The normalized spacial score (nSPS) is 11.4. The van der Waals surface area contributed by atoms with E-state index >= 15 is 0 Å². The van der Waals surface area contributed by atoms with Gasteiger partial charge in [0.25, 0.3) is 0 Å². The molecule has 0 aliphatic carbocycles. The first-order valence-corrected chi connectivity index (χ1v) is 11.4. The zero-order valence-electron chi connectivity index (χ0n) is 17.8. The molecule has 4 nitrogen and oxygen atoms in total. The molecule has 162 valence electrons. The van der Waals surface area contributed by atoms with Crippen LogP contribution in [-0.2, 0) is 4.79 Å². The van der Waals surface area contributed by atoms with Gasteiger partial charge in [0.2, 0.25) is 0 Å². The number of carboxylic acid groups (broad SMARTS) is 1. The summed E-state index contributed by atoms with van der Waals surface area (Å²) in [5.74, 6) is 0.396. The number of rotatable bonds is 13. The molecule has 2 rings (SSSR count). The van der Waals surface area contributed by atoms with Gasteiger partial charge in [-0.05, 0) is 54.3 Å². The van der Waals surface area contributed by atoms with Crippen LogP contribution in [0.1, 0.15) is 63.5 Å². The van der Waals surface area contributed by atoms with E-state index in [1.807, 2.05) is 30.3 Å². The number of carboxylic acids is 1. The van der Waals surface area contributed by atoms with Crippen LogP contribution in [0.3, 0.4) is 0 Å². The maximum atomic E-state index is 11.9. The molecule has 0 bridgehead atoms. The summed E-state index contributed by atoms with van der Waals surface area (Å²) in [6.45, 7) is 5.58. The maximum absolute atomic E-state index is 11.9. The molecule has 5 heteroatoms. The molecule has 0 heterocycles. The van der Waals surface area contributed by atoms with Crippen molar-refractivity contribution in [3.05, 3.63) is 58.1 Å². The molecule has 0 fully saturated rings. The topological polar surface area (TPSA) is 55.8 Å². The SMILES string of the molecule is CCCCCOc1ccc(C=C(C(=O)O)c2cccc(Br)c2)cc1OCCCCC. The van der Waals surface area contributed by atoms with Crippen LogP contribution in [0, 0.1) is 0 Å². The molecule has 30 heavy (non-hydrogen) atoms. The molecular formula is C25H31BrO4. The van der Waals surface area contributed by atoms with Crippen LogP contribution in [0.5, 0.6) is 11.5 Å². The van der Waals surface area contributed by atoms with Gasteiger partial charge in [-0.3, -0.25) is 0 Å². The molecule has 0 spiro atoms. The Bertz CT molecular complexity index is 845. The molecule has 0 saturated heterocycles. The van der Waals surface area contributed by atoms with E-state index in [1.165, 1.54) is 0 Å². The molecule has 2 aromatic carbocycles. The first-order valence-electron chi connectivity index (χ1n) is 10.7. The molecule has 0 radical (unpaired) electrons. The van der Waals surface area contributed by atoms with Crippen molar-refractivity contribution in [3.63, 3.8) is 0 Å².